The second-order valence-corrected chi connectivity index (χ2v) is 7.60. The SMILES string of the molecule is COc1cc([N+](=O)[O-])ccc1-c1ccc(C=C2C(=O)N(c3cccc(Br)c3)N=C2C)o1. The van der Waals surface area contributed by atoms with Crippen LogP contribution in [0, 0.1) is 10.1 Å². The minimum Gasteiger partial charge on any atom is -0.496 e. The van der Waals surface area contributed by atoms with E-state index in [0.717, 1.165) is 4.47 Å². The maximum absolute atomic E-state index is 12.9. The van der Waals surface area contributed by atoms with Crippen molar-refractivity contribution in [3.63, 3.8) is 0 Å². The number of hydrazone groups is 1. The van der Waals surface area contributed by atoms with Crippen molar-refractivity contribution in [2.45, 2.75) is 6.92 Å². The first-order chi connectivity index (χ1) is 14.9. The van der Waals surface area contributed by atoms with Gasteiger partial charge in [0.05, 0.1) is 40.6 Å². The van der Waals surface area contributed by atoms with Crippen LogP contribution < -0.4 is 9.75 Å². The number of non-ortho nitro benzene ring substituents is 1. The Morgan fingerprint density at radius 3 is 2.71 bits per heavy atom. The molecule has 1 amide bonds. The summed E-state index contributed by atoms with van der Waals surface area (Å²) in [6, 6.07) is 15.0. The third-order valence-corrected chi connectivity index (χ3v) is 5.18. The summed E-state index contributed by atoms with van der Waals surface area (Å²) >= 11 is 3.40. The number of halogens is 1. The molecule has 0 N–H and O–H groups in total. The molecule has 0 radical (unpaired) electrons. The number of ether oxygens (including phenoxy) is 1. The van der Waals surface area contributed by atoms with Gasteiger partial charge >= 0.3 is 0 Å². The van der Waals surface area contributed by atoms with E-state index in [1.807, 2.05) is 18.2 Å². The highest BCUT2D eigenvalue weighted by Crippen LogP contribution is 2.35. The van der Waals surface area contributed by atoms with Crippen LogP contribution in [0.5, 0.6) is 5.75 Å². The lowest BCUT2D eigenvalue weighted by Gasteiger charge is -2.11. The van der Waals surface area contributed by atoms with Crippen LogP contribution >= 0.6 is 15.9 Å². The summed E-state index contributed by atoms with van der Waals surface area (Å²) in [5.41, 5.74) is 2.12. The normalized spacial score (nSPS) is 14.8. The quantitative estimate of drug-likeness (QED) is 0.274. The number of nitro benzene ring substituents is 1. The molecule has 1 aromatic heterocycles. The van der Waals surface area contributed by atoms with Crippen LogP contribution in [-0.2, 0) is 4.79 Å². The van der Waals surface area contributed by atoms with Gasteiger partial charge < -0.3 is 9.15 Å². The molecule has 0 bridgehead atoms. The van der Waals surface area contributed by atoms with Crippen molar-refractivity contribution in [3.05, 3.63) is 80.5 Å². The number of hydrogen-bond acceptors (Lipinski definition) is 6. The minimum atomic E-state index is -0.491. The zero-order chi connectivity index (χ0) is 22.1. The highest BCUT2D eigenvalue weighted by Gasteiger charge is 2.29. The standard InChI is InChI=1S/C22H16BrN3O5/c1-13-19(22(27)25(24-13)15-5-3-4-14(23)10-15)12-17-7-9-20(31-17)18-8-6-16(26(28)29)11-21(18)30-2/h3-12H,1-2H3. The average Bonchev–Trinajstić information content (AvgIpc) is 3.33. The number of hydrogen-bond donors (Lipinski definition) is 0. The Labute approximate surface area is 185 Å². The summed E-state index contributed by atoms with van der Waals surface area (Å²) in [6.45, 7) is 1.75. The number of furan rings is 1. The lowest BCUT2D eigenvalue weighted by atomic mass is 10.1. The first-order valence-electron chi connectivity index (χ1n) is 9.17. The van der Waals surface area contributed by atoms with E-state index in [4.69, 9.17) is 9.15 Å². The Morgan fingerprint density at radius 2 is 2.00 bits per heavy atom. The van der Waals surface area contributed by atoms with Crippen molar-refractivity contribution in [2.75, 3.05) is 12.1 Å². The molecule has 156 valence electrons. The second-order valence-electron chi connectivity index (χ2n) is 6.68. The number of nitro groups is 1. The summed E-state index contributed by atoms with van der Waals surface area (Å²) < 4.78 is 12.0. The van der Waals surface area contributed by atoms with Gasteiger partial charge in [-0.05, 0) is 49.4 Å². The fourth-order valence-electron chi connectivity index (χ4n) is 3.18. The van der Waals surface area contributed by atoms with Crippen LogP contribution in [0.4, 0.5) is 11.4 Å². The maximum atomic E-state index is 12.9. The van der Waals surface area contributed by atoms with Gasteiger partial charge in [-0.25, -0.2) is 0 Å². The molecule has 0 unspecified atom stereocenters. The molecule has 31 heavy (non-hydrogen) atoms. The third kappa shape index (κ3) is 3.99. The van der Waals surface area contributed by atoms with Crippen LogP contribution in [-0.4, -0.2) is 23.7 Å². The van der Waals surface area contributed by atoms with Crippen molar-refractivity contribution in [3.8, 4) is 17.1 Å². The first kappa shape index (κ1) is 20.5. The summed E-state index contributed by atoms with van der Waals surface area (Å²) in [5, 5.41) is 16.7. The highest BCUT2D eigenvalue weighted by atomic mass is 79.9. The molecule has 1 aliphatic heterocycles. The van der Waals surface area contributed by atoms with E-state index >= 15 is 0 Å². The topological polar surface area (TPSA) is 98.2 Å². The maximum Gasteiger partial charge on any atom is 0.280 e. The molecular weight excluding hydrogens is 466 g/mol. The Morgan fingerprint density at radius 1 is 1.19 bits per heavy atom. The number of carbonyl (C=O) groups excluding carboxylic acids is 1. The molecule has 2 aromatic carbocycles. The molecule has 0 saturated heterocycles. The molecule has 0 aliphatic carbocycles. The van der Waals surface area contributed by atoms with Gasteiger partial charge in [0, 0.05) is 10.5 Å². The van der Waals surface area contributed by atoms with Gasteiger partial charge in [-0.3, -0.25) is 14.9 Å². The number of nitrogens with zero attached hydrogens (tertiary/aromatic N) is 3. The lowest BCUT2D eigenvalue weighted by molar-refractivity contribution is -0.384. The monoisotopic (exact) mass is 481 g/mol. The number of benzene rings is 2. The lowest BCUT2D eigenvalue weighted by Crippen LogP contribution is -2.21. The summed E-state index contributed by atoms with van der Waals surface area (Å²) in [5.74, 6) is 0.964. The third-order valence-electron chi connectivity index (χ3n) is 4.69. The van der Waals surface area contributed by atoms with E-state index in [1.165, 1.54) is 24.3 Å². The first-order valence-corrected chi connectivity index (χ1v) is 9.96. The summed E-state index contributed by atoms with van der Waals surface area (Å²) in [6.07, 6.45) is 1.63. The number of rotatable bonds is 5. The van der Waals surface area contributed by atoms with Crippen molar-refractivity contribution in [1.29, 1.82) is 0 Å². The smallest absolute Gasteiger partial charge is 0.280 e. The van der Waals surface area contributed by atoms with Crippen LogP contribution in [0.15, 0.2) is 74.2 Å². The fraction of sp³-hybridized carbons (Fsp3) is 0.0909. The van der Waals surface area contributed by atoms with Gasteiger partial charge in [-0.2, -0.15) is 10.1 Å². The van der Waals surface area contributed by atoms with E-state index in [0.29, 0.717) is 39.8 Å². The molecule has 0 spiro atoms. The zero-order valence-electron chi connectivity index (χ0n) is 16.5. The second kappa shape index (κ2) is 8.19. The fourth-order valence-corrected chi connectivity index (χ4v) is 3.57. The Bertz CT molecular complexity index is 1260. The van der Waals surface area contributed by atoms with Crippen molar-refractivity contribution < 1.29 is 18.9 Å². The molecule has 0 fully saturated rings. The number of carbonyl (C=O) groups is 1. The molecule has 2 heterocycles. The molecule has 9 heteroatoms. The molecular formula is C22H16BrN3O5. The van der Waals surface area contributed by atoms with E-state index in [1.54, 1.807) is 37.3 Å². The number of methoxy groups -OCH3 is 1. The van der Waals surface area contributed by atoms with Gasteiger partial charge in [0.2, 0.25) is 0 Å². The predicted octanol–water partition coefficient (Wildman–Crippen LogP) is 5.43. The van der Waals surface area contributed by atoms with E-state index in [2.05, 4.69) is 21.0 Å². The summed E-state index contributed by atoms with van der Waals surface area (Å²) in [4.78, 5) is 23.4. The Balaban J connectivity index is 1.64. The Hall–Kier alpha value is -3.72. The molecule has 1 aliphatic rings. The van der Waals surface area contributed by atoms with Crippen molar-refractivity contribution in [2.24, 2.45) is 5.10 Å². The molecule has 0 saturated carbocycles. The summed E-state index contributed by atoms with van der Waals surface area (Å²) in [7, 11) is 1.43. The van der Waals surface area contributed by atoms with Crippen molar-refractivity contribution >= 4 is 45.0 Å². The largest absolute Gasteiger partial charge is 0.496 e. The van der Waals surface area contributed by atoms with E-state index in [-0.39, 0.29) is 11.6 Å². The number of amides is 1. The molecule has 0 atom stereocenters. The number of anilines is 1. The van der Waals surface area contributed by atoms with Gasteiger partial charge in [-0.1, -0.05) is 22.0 Å². The van der Waals surface area contributed by atoms with Gasteiger partial charge in [0.1, 0.15) is 17.3 Å². The predicted molar refractivity (Wildman–Crippen MR) is 120 cm³/mol. The highest BCUT2D eigenvalue weighted by molar-refractivity contribution is 9.10. The van der Waals surface area contributed by atoms with E-state index in [9.17, 15) is 14.9 Å². The van der Waals surface area contributed by atoms with Crippen LogP contribution in [0.25, 0.3) is 17.4 Å². The van der Waals surface area contributed by atoms with Gasteiger partial charge in [-0.15, -0.1) is 0 Å². The average molecular weight is 482 g/mol. The van der Waals surface area contributed by atoms with Gasteiger partial charge in [0.25, 0.3) is 11.6 Å². The molecule has 4 rings (SSSR count). The van der Waals surface area contributed by atoms with Crippen LogP contribution in [0.1, 0.15) is 12.7 Å². The van der Waals surface area contributed by atoms with Crippen LogP contribution in [0.2, 0.25) is 0 Å². The molecule has 3 aromatic rings. The molecule has 8 nitrogen and oxygen atoms in total. The zero-order valence-corrected chi connectivity index (χ0v) is 18.1. The van der Waals surface area contributed by atoms with Crippen LogP contribution in [0.3, 0.4) is 0 Å². The van der Waals surface area contributed by atoms with Crippen molar-refractivity contribution in [1.82, 2.24) is 0 Å². The minimum absolute atomic E-state index is 0.0782. The van der Waals surface area contributed by atoms with E-state index < -0.39 is 4.92 Å². The van der Waals surface area contributed by atoms with Gasteiger partial charge in [0.15, 0.2) is 0 Å². The Kier molecular flexibility index (Phi) is 5.43.